The Morgan fingerprint density at radius 1 is 1.50 bits per heavy atom. The highest BCUT2D eigenvalue weighted by atomic mass is 79.9. The molecule has 18 heavy (non-hydrogen) atoms. The van der Waals surface area contributed by atoms with Gasteiger partial charge >= 0.3 is 6.09 Å². The van der Waals surface area contributed by atoms with Gasteiger partial charge in [-0.2, -0.15) is 0 Å². The zero-order chi connectivity index (χ0) is 13.8. The van der Waals surface area contributed by atoms with Crippen LogP contribution in [0.25, 0.3) is 0 Å². The lowest BCUT2D eigenvalue weighted by molar-refractivity contribution is 0.0758. The molecule has 0 fully saturated rings. The predicted molar refractivity (Wildman–Crippen MR) is 72.2 cm³/mol. The second-order valence-electron chi connectivity index (χ2n) is 4.98. The molecule has 0 radical (unpaired) electrons. The first-order valence-electron chi connectivity index (χ1n) is 5.62. The molecule has 0 aromatic heterocycles. The molecule has 0 bridgehead atoms. The van der Waals surface area contributed by atoms with Crippen LogP contribution in [0.5, 0.6) is 0 Å². The van der Waals surface area contributed by atoms with Gasteiger partial charge in [0.25, 0.3) is 0 Å². The van der Waals surface area contributed by atoms with Gasteiger partial charge in [-0.15, -0.1) is 0 Å². The first-order valence-corrected chi connectivity index (χ1v) is 6.41. The molecule has 0 aliphatic rings. The summed E-state index contributed by atoms with van der Waals surface area (Å²) < 4.78 is 18.8. The minimum Gasteiger partial charge on any atom is -0.439 e. The van der Waals surface area contributed by atoms with E-state index in [2.05, 4.69) is 21.2 Å². The van der Waals surface area contributed by atoms with E-state index in [-0.39, 0.29) is 0 Å². The molecule has 0 saturated carbocycles. The summed E-state index contributed by atoms with van der Waals surface area (Å²) in [4.78, 5) is 11.6. The van der Waals surface area contributed by atoms with Crippen LogP contribution < -0.4 is 5.32 Å². The smallest absolute Gasteiger partial charge is 0.408 e. The lowest BCUT2D eigenvalue weighted by Crippen LogP contribution is -2.41. The van der Waals surface area contributed by atoms with Crippen molar-refractivity contribution in [2.45, 2.75) is 32.4 Å². The van der Waals surface area contributed by atoms with Gasteiger partial charge in [0, 0.05) is 10.0 Å². The van der Waals surface area contributed by atoms with Crippen molar-refractivity contribution in [2.75, 3.05) is 6.67 Å². The number of carbonyl (C=O) groups excluding carboxylic acids is 1. The molecular weight excluding hydrogens is 301 g/mol. The number of alkyl carbamates (subject to hydrolysis) is 1. The third kappa shape index (κ3) is 5.04. The van der Waals surface area contributed by atoms with E-state index in [9.17, 15) is 9.18 Å². The molecule has 1 atom stereocenters. The van der Waals surface area contributed by atoms with Crippen LogP contribution in [0.3, 0.4) is 0 Å². The number of carbonyl (C=O) groups is 1. The molecule has 0 spiro atoms. The van der Waals surface area contributed by atoms with Gasteiger partial charge in [-0.1, -0.05) is 28.1 Å². The number of halogens is 2. The number of rotatable bonds is 3. The molecule has 0 saturated heterocycles. The van der Waals surface area contributed by atoms with Gasteiger partial charge in [0.1, 0.15) is 6.67 Å². The second kappa shape index (κ2) is 6.18. The van der Waals surface area contributed by atoms with Gasteiger partial charge in [0.15, 0.2) is 6.10 Å². The van der Waals surface area contributed by atoms with Crippen LogP contribution in [-0.4, -0.2) is 18.3 Å². The van der Waals surface area contributed by atoms with E-state index in [1.54, 1.807) is 18.2 Å². The highest BCUT2D eigenvalue weighted by Crippen LogP contribution is 2.22. The Kier molecular flexibility index (Phi) is 5.14. The van der Waals surface area contributed by atoms with Gasteiger partial charge in [0.2, 0.25) is 0 Å². The maximum Gasteiger partial charge on any atom is 0.408 e. The van der Waals surface area contributed by atoms with Crippen molar-refractivity contribution in [1.29, 1.82) is 0 Å². The van der Waals surface area contributed by atoms with Crippen molar-refractivity contribution in [3.05, 3.63) is 34.3 Å². The molecule has 1 aromatic carbocycles. The summed E-state index contributed by atoms with van der Waals surface area (Å²) in [7, 11) is 0. The topological polar surface area (TPSA) is 38.3 Å². The van der Waals surface area contributed by atoms with Crippen molar-refractivity contribution < 1.29 is 13.9 Å². The number of hydrogen-bond donors (Lipinski definition) is 1. The van der Waals surface area contributed by atoms with Gasteiger partial charge in [-0.05, 0) is 38.5 Å². The summed E-state index contributed by atoms with van der Waals surface area (Å²) in [6.45, 7) is 4.74. The SMILES string of the molecule is CC(C)(C)NC(=O)OC(CF)c1cccc(Br)c1. The minimum atomic E-state index is -0.884. The number of amides is 1. The highest BCUT2D eigenvalue weighted by molar-refractivity contribution is 9.10. The van der Waals surface area contributed by atoms with Crippen LogP contribution in [-0.2, 0) is 4.74 Å². The molecule has 0 aliphatic heterocycles. The Hall–Kier alpha value is -1.10. The largest absolute Gasteiger partial charge is 0.439 e. The second-order valence-corrected chi connectivity index (χ2v) is 5.89. The molecule has 1 unspecified atom stereocenters. The molecule has 1 rings (SSSR count). The number of alkyl halides is 1. The monoisotopic (exact) mass is 317 g/mol. The Bertz CT molecular complexity index is 418. The van der Waals surface area contributed by atoms with Gasteiger partial charge < -0.3 is 10.1 Å². The lowest BCUT2D eigenvalue weighted by Gasteiger charge is -2.22. The summed E-state index contributed by atoms with van der Waals surface area (Å²) >= 11 is 3.30. The Labute approximate surface area is 115 Å². The molecule has 0 heterocycles. The average Bonchev–Trinajstić information content (AvgIpc) is 2.23. The molecule has 3 nitrogen and oxygen atoms in total. The third-order valence-corrected chi connectivity index (χ3v) is 2.58. The van der Waals surface area contributed by atoms with E-state index in [4.69, 9.17) is 4.74 Å². The zero-order valence-corrected chi connectivity index (χ0v) is 12.3. The number of nitrogens with one attached hydrogen (secondary N) is 1. The Morgan fingerprint density at radius 2 is 2.17 bits per heavy atom. The fourth-order valence-corrected chi connectivity index (χ4v) is 1.78. The fraction of sp³-hybridized carbons (Fsp3) is 0.462. The quantitative estimate of drug-likeness (QED) is 0.915. The summed E-state index contributed by atoms with van der Waals surface area (Å²) in [6.07, 6.45) is -1.50. The molecule has 1 amide bonds. The summed E-state index contributed by atoms with van der Waals surface area (Å²) in [6, 6.07) is 7.05. The number of hydrogen-bond acceptors (Lipinski definition) is 2. The van der Waals surface area contributed by atoms with Crippen molar-refractivity contribution in [3.63, 3.8) is 0 Å². The van der Waals surface area contributed by atoms with E-state index in [1.165, 1.54) is 0 Å². The third-order valence-electron chi connectivity index (χ3n) is 2.09. The van der Waals surface area contributed by atoms with Crippen molar-refractivity contribution in [1.82, 2.24) is 5.32 Å². The standard InChI is InChI=1S/C13H17BrFNO2/c1-13(2,3)16-12(17)18-11(8-15)9-5-4-6-10(14)7-9/h4-7,11H,8H2,1-3H3,(H,16,17). The summed E-state index contributed by atoms with van der Waals surface area (Å²) in [5.41, 5.74) is 0.214. The molecule has 1 N–H and O–H groups in total. The van der Waals surface area contributed by atoms with Crippen molar-refractivity contribution in [2.24, 2.45) is 0 Å². The molecule has 5 heteroatoms. The van der Waals surface area contributed by atoms with Crippen LogP contribution in [0.1, 0.15) is 32.4 Å². The number of benzene rings is 1. The van der Waals surface area contributed by atoms with E-state index < -0.39 is 24.4 Å². The van der Waals surface area contributed by atoms with Crippen LogP contribution >= 0.6 is 15.9 Å². The van der Waals surface area contributed by atoms with E-state index in [0.29, 0.717) is 5.56 Å². The Balaban J connectivity index is 2.71. The summed E-state index contributed by atoms with van der Waals surface area (Å²) in [5.74, 6) is 0. The average molecular weight is 318 g/mol. The van der Waals surface area contributed by atoms with E-state index in [1.807, 2.05) is 26.8 Å². The first-order chi connectivity index (χ1) is 8.31. The number of ether oxygens (including phenoxy) is 1. The predicted octanol–water partition coefficient (Wildman–Crippen LogP) is 3.98. The lowest BCUT2D eigenvalue weighted by atomic mass is 10.1. The molecule has 100 valence electrons. The highest BCUT2D eigenvalue weighted by Gasteiger charge is 2.20. The summed E-state index contributed by atoms with van der Waals surface area (Å²) in [5, 5.41) is 2.63. The fourth-order valence-electron chi connectivity index (χ4n) is 1.36. The van der Waals surface area contributed by atoms with Crippen LogP contribution in [0.2, 0.25) is 0 Å². The van der Waals surface area contributed by atoms with Gasteiger partial charge in [0.05, 0.1) is 0 Å². The van der Waals surface area contributed by atoms with Crippen LogP contribution in [0, 0.1) is 0 Å². The maximum atomic E-state index is 12.9. The Morgan fingerprint density at radius 3 is 2.67 bits per heavy atom. The molecule has 0 aliphatic carbocycles. The van der Waals surface area contributed by atoms with Crippen molar-refractivity contribution >= 4 is 22.0 Å². The van der Waals surface area contributed by atoms with Gasteiger partial charge in [-0.25, -0.2) is 9.18 Å². The van der Waals surface area contributed by atoms with Gasteiger partial charge in [-0.3, -0.25) is 0 Å². The minimum absolute atomic E-state index is 0.408. The van der Waals surface area contributed by atoms with Crippen molar-refractivity contribution in [3.8, 4) is 0 Å². The first kappa shape index (κ1) is 15.0. The molecular formula is C13H17BrFNO2. The van der Waals surface area contributed by atoms with Crippen LogP contribution in [0.15, 0.2) is 28.7 Å². The van der Waals surface area contributed by atoms with Crippen LogP contribution in [0.4, 0.5) is 9.18 Å². The van der Waals surface area contributed by atoms with E-state index in [0.717, 1.165) is 4.47 Å². The normalized spacial score (nSPS) is 12.9. The maximum absolute atomic E-state index is 12.9. The van der Waals surface area contributed by atoms with E-state index >= 15 is 0 Å². The molecule has 1 aromatic rings. The zero-order valence-electron chi connectivity index (χ0n) is 10.7.